The highest BCUT2D eigenvalue weighted by atomic mass is 35.5. The van der Waals surface area contributed by atoms with E-state index in [2.05, 4.69) is 15.3 Å². The molecule has 0 radical (unpaired) electrons. The minimum atomic E-state index is -0.189. The van der Waals surface area contributed by atoms with Gasteiger partial charge in [0.2, 0.25) is 0 Å². The van der Waals surface area contributed by atoms with Crippen molar-refractivity contribution in [1.82, 2.24) is 15.3 Å². The van der Waals surface area contributed by atoms with Gasteiger partial charge in [0.05, 0.1) is 0 Å². The third-order valence-electron chi connectivity index (χ3n) is 2.43. The molecule has 18 heavy (non-hydrogen) atoms. The summed E-state index contributed by atoms with van der Waals surface area (Å²) in [4.78, 5) is 19.3. The fourth-order valence-corrected chi connectivity index (χ4v) is 1.61. The lowest BCUT2D eigenvalue weighted by Crippen LogP contribution is -2.26. The summed E-state index contributed by atoms with van der Waals surface area (Å²) in [6.07, 6.45) is 3.66. The van der Waals surface area contributed by atoms with Crippen molar-refractivity contribution in [1.29, 1.82) is 0 Å². The van der Waals surface area contributed by atoms with Crippen LogP contribution in [0.3, 0.4) is 0 Å². The second-order valence-electron chi connectivity index (χ2n) is 3.73. The summed E-state index contributed by atoms with van der Waals surface area (Å²) in [6.45, 7) is 0.560. The van der Waals surface area contributed by atoms with Crippen LogP contribution < -0.4 is 5.32 Å². The highest BCUT2D eigenvalue weighted by Crippen LogP contribution is 2.09. The van der Waals surface area contributed by atoms with Gasteiger partial charge in [-0.15, -0.1) is 0 Å². The predicted molar refractivity (Wildman–Crippen MR) is 69.5 cm³/mol. The van der Waals surface area contributed by atoms with E-state index in [1.807, 2.05) is 24.3 Å². The largest absolute Gasteiger partial charge is 0.350 e. The van der Waals surface area contributed by atoms with Gasteiger partial charge < -0.3 is 5.32 Å². The van der Waals surface area contributed by atoms with Gasteiger partial charge in [0.15, 0.2) is 0 Å². The van der Waals surface area contributed by atoms with Crippen LogP contribution in [0.5, 0.6) is 0 Å². The van der Waals surface area contributed by atoms with Gasteiger partial charge in [-0.3, -0.25) is 4.79 Å². The summed E-state index contributed by atoms with van der Waals surface area (Å²) >= 11 is 5.79. The van der Waals surface area contributed by atoms with Crippen LogP contribution in [0.15, 0.2) is 42.9 Å². The van der Waals surface area contributed by atoms with E-state index in [1.54, 1.807) is 12.3 Å². The summed E-state index contributed by atoms with van der Waals surface area (Å²) in [7, 11) is 0. The quantitative estimate of drug-likeness (QED) is 0.917. The Bertz CT molecular complexity index is 514. The molecule has 1 heterocycles. The first-order valence-electron chi connectivity index (χ1n) is 5.54. The Labute approximate surface area is 110 Å². The van der Waals surface area contributed by atoms with Crippen LogP contribution in [0, 0.1) is 0 Å². The summed E-state index contributed by atoms with van der Waals surface area (Å²) < 4.78 is 0. The van der Waals surface area contributed by atoms with Gasteiger partial charge in [0.1, 0.15) is 12.0 Å². The lowest BCUT2D eigenvalue weighted by Gasteiger charge is -2.04. The van der Waals surface area contributed by atoms with Gasteiger partial charge in [-0.1, -0.05) is 23.7 Å². The molecule has 1 N–H and O–H groups in total. The molecule has 92 valence electrons. The molecule has 0 aliphatic heterocycles. The molecule has 0 bridgehead atoms. The number of nitrogens with one attached hydrogen (secondary N) is 1. The first-order chi connectivity index (χ1) is 8.75. The van der Waals surface area contributed by atoms with Crippen molar-refractivity contribution >= 4 is 17.5 Å². The molecule has 4 nitrogen and oxygen atoms in total. The lowest BCUT2D eigenvalue weighted by molar-refractivity contribution is 0.0949. The van der Waals surface area contributed by atoms with Crippen molar-refractivity contribution in [2.75, 3.05) is 6.54 Å². The van der Waals surface area contributed by atoms with Crippen LogP contribution in [0.25, 0.3) is 0 Å². The molecule has 0 atom stereocenters. The predicted octanol–water partition coefficient (Wildman–Crippen LogP) is 2.10. The number of carbonyl (C=O) groups is 1. The third-order valence-corrected chi connectivity index (χ3v) is 2.68. The average Bonchev–Trinajstić information content (AvgIpc) is 2.42. The number of carbonyl (C=O) groups excluding carboxylic acids is 1. The van der Waals surface area contributed by atoms with Crippen molar-refractivity contribution in [2.24, 2.45) is 0 Å². The molecule has 1 amide bonds. The number of halogens is 1. The van der Waals surface area contributed by atoms with Gasteiger partial charge in [0.25, 0.3) is 5.91 Å². The Morgan fingerprint density at radius 2 is 2.00 bits per heavy atom. The summed E-state index contributed by atoms with van der Waals surface area (Å²) in [5, 5.41) is 3.51. The number of hydrogen-bond donors (Lipinski definition) is 1. The monoisotopic (exact) mass is 261 g/mol. The molecule has 1 aromatic heterocycles. The summed E-state index contributed by atoms with van der Waals surface area (Å²) in [5.41, 5.74) is 1.50. The van der Waals surface area contributed by atoms with Crippen molar-refractivity contribution < 1.29 is 4.79 Å². The van der Waals surface area contributed by atoms with Crippen LogP contribution in [0.1, 0.15) is 16.1 Å². The van der Waals surface area contributed by atoms with Gasteiger partial charge in [-0.05, 0) is 30.2 Å². The molecule has 0 spiro atoms. The van der Waals surface area contributed by atoms with Crippen molar-refractivity contribution in [3.05, 3.63) is 59.1 Å². The molecule has 2 rings (SSSR count). The smallest absolute Gasteiger partial charge is 0.270 e. The molecule has 0 aliphatic carbocycles. The molecule has 0 fully saturated rings. The zero-order valence-electron chi connectivity index (χ0n) is 9.64. The SMILES string of the molecule is O=C(NCCc1ccc(Cl)cc1)c1ccncn1. The van der Waals surface area contributed by atoms with E-state index in [0.29, 0.717) is 17.3 Å². The zero-order valence-corrected chi connectivity index (χ0v) is 10.4. The first-order valence-corrected chi connectivity index (χ1v) is 5.92. The van der Waals surface area contributed by atoms with Crippen LogP contribution in [-0.2, 0) is 6.42 Å². The first kappa shape index (κ1) is 12.5. The minimum Gasteiger partial charge on any atom is -0.350 e. The van der Waals surface area contributed by atoms with E-state index in [9.17, 15) is 4.79 Å². The number of hydrogen-bond acceptors (Lipinski definition) is 3. The number of aromatic nitrogens is 2. The molecule has 0 aliphatic rings. The average molecular weight is 262 g/mol. The van der Waals surface area contributed by atoms with E-state index in [0.717, 1.165) is 12.0 Å². The van der Waals surface area contributed by atoms with E-state index < -0.39 is 0 Å². The van der Waals surface area contributed by atoms with Crippen LogP contribution >= 0.6 is 11.6 Å². The summed E-state index contributed by atoms with van der Waals surface area (Å²) in [5.74, 6) is -0.189. The number of benzene rings is 1. The number of amides is 1. The molecule has 2 aromatic rings. The molecular weight excluding hydrogens is 250 g/mol. The zero-order chi connectivity index (χ0) is 12.8. The van der Waals surface area contributed by atoms with Crippen molar-refractivity contribution in [2.45, 2.75) is 6.42 Å². The Morgan fingerprint density at radius 1 is 1.22 bits per heavy atom. The van der Waals surface area contributed by atoms with Crippen LogP contribution in [0.2, 0.25) is 5.02 Å². The van der Waals surface area contributed by atoms with E-state index >= 15 is 0 Å². The minimum absolute atomic E-state index is 0.189. The maximum Gasteiger partial charge on any atom is 0.270 e. The second-order valence-corrected chi connectivity index (χ2v) is 4.16. The van der Waals surface area contributed by atoms with Crippen LogP contribution in [0.4, 0.5) is 0 Å². The van der Waals surface area contributed by atoms with Crippen LogP contribution in [-0.4, -0.2) is 22.4 Å². The van der Waals surface area contributed by atoms with Gasteiger partial charge >= 0.3 is 0 Å². The fourth-order valence-electron chi connectivity index (χ4n) is 1.49. The normalized spacial score (nSPS) is 10.1. The Balaban J connectivity index is 1.82. The molecular formula is C13H12ClN3O. The highest BCUT2D eigenvalue weighted by molar-refractivity contribution is 6.30. The Kier molecular flexibility index (Phi) is 4.25. The molecule has 0 saturated heterocycles. The topological polar surface area (TPSA) is 54.9 Å². The van der Waals surface area contributed by atoms with Gasteiger partial charge in [0, 0.05) is 17.8 Å². The van der Waals surface area contributed by atoms with E-state index in [4.69, 9.17) is 11.6 Å². The maximum atomic E-state index is 11.7. The van der Waals surface area contributed by atoms with Gasteiger partial charge in [-0.25, -0.2) is 9.97 Å². The van der Waals surface area contributed by atoms with Crippen molar-refractivity contribution in [3.63, 3.8) is 0 Å². The van der Waals surface area contributed by atoms with E-state index in [-0.39, 0.29) is 5.91 Å². The maximum absolute atomic E-state index is 11.7. The second kappa shape index (κ2) is 6.12. The fraction of sp³-hybridized carbons (Fsp3) is 0.154. The molecule has 0 unspecified atom stereocenters. The number of nitrogens with zero attached hydrogens (tertiary/aromatic N) is 2. The molecule has 5 heteroatoms. The summed E-state index contributed by atoms with van der Waals surface area (Å²) in [6, 6.07) is 9.14. The van der Waals surface area contributed by atoms with Gasteiger partial charge in [-0.2, -0.15) is 0 Å². The van der Waals surface area contributed by atoms with E-state index in [1.165, 1.54) is 6.33 Å². The Hall–Kier alpha value is -1.94. The lowest BCUT2D eigenvalue weighted by atomic mass is 10.1. The Morgan fingerprint density at radius 3 is 2.67 bits per heavy atom. The number of rotatable bonds is 4. The highest BCUT2D eigenvalue weighted by Gasteiger charge is 2.05. The third kappa shape index (κ3) is 3.53. The van der Waals surface area contributed by atoms with Crippen molar-refractivity contribution in [3.8, 4) is 0 Å². The molecule has 0 saturated carbocycles. The standard InChI is InChI=1S/C13H12ClN3O/c14-11-3-1-10(2-4-11)5-8-16-13(18)12-6-7-15-9-17-12/h1-4,6-7,9H,5,8H2,(H,16,18). The molecule has 1 aromatic carbocycles.